The van der Waals surface area contributed by atoms with Gasteiger partial charge >= 0.3 is 0 Å². The van der Waals surface area contributed by atoms with E-state index in [1.807, 2.05) is 0 Å². The van der Waals surface area contributed by atoms with Gasteiger partial charge in [0.05, 0.1) is 42.0 Å². The topological polar surface area (TPSA) is 104 Å². The summed E-state index contributed by atoms with van der Waals surface area (Å²) >= 11 is 0. The van der Waals surface area contributed by atoms with Crippen LogP contribution in [0, 0.1) is 0 Å². The van der Waals surface area contributed by atoms with Gasteiger partial charge in [0.1, 0.15) is 0 Å². The number of hydrogen-bond donors (Lipinski definition) is 1. The van der Waals surface area contributed by atoms with Crippen molar-refractivity contribution in [1.29, 1.82) is 0 Å². The standard InChI is InChI=1S/C21H24N6O3/c1-26-20(29)16-6-8-22-11-18(16)24-21(26)23-14-2-4-15(5-3-14)27-19(28)10-13-12-30-9-7-17(13)25-27/h6,8,10-11,14-15H,2-5,7,9,12H2,1H3,(H,23,24). The molecular formula is C21H24N6O3. The van der Waals surface area contributed by atoms with Crippen LogP contribution in [0.1, 0.15) is 43.0 Å². The molecule has 3 aromatic rings. The van der Waals surface area contributed by atoms with Crippen molar-refractivity contribution < 1.29 is 4.74 Å². The van der Waals surface area contributed by atoms with Gasteiger partial charge < -0.3 is 10.1 Å². The molecule has 156 valence electrons. The third-order valence-electron chi connectivity index (χ3n) is 6.12. The fraction of sp³-hybridized carbons (Fsp3) is 0.476. The van der Waals surface area contributed by atoms with Crippen molar-refractivity contribution >= 4 is 16.9 Å². The molecule has 0 unspecified atom stereocenters. The molecule has 1 aliphatic carbocycles. The number of rotatable bonds is 3. The maximum absolute atomic E-state index is 12.6. The van der Waals surface area contributed by atoms with Gasteiger partial charge in [-0.2, -0.15) is 5.10 Å². The number of anilines is 1. The molecule has 0 amide bonds. The van der Waals surface area contributed by atoms with Crippen LogP contribution in [0.3, 0.4) is 0 Å². The third kappa shape index (κ3) is 3.39. The Hall–Kier alpha value is -3.07. The first-order valence-electron chi connectivity index (χ1n) is 10.4. The quantitative estimate of drug-likeness (QED) is 0.701. The normalized spacial score (nSPS) is 21.4. The number of fused-ring (bicyclic) bond motifs is 2. The average molecular weight is 408 g/mol. The molecule has 9 nitrogen and oxygen atoms in total. The van der Waals surface area contributed by atoms with Crippen LogP contribution < -0.4 is 16.4 Å². The fourth-order valence-electron chi connectivity index (χ4n) is 4.39. The third-order valence-corrected chi connectivity index (χ3v) is 6.12. The van der Waals surface area contributed by atoms with Gasteiger partial charge in [0, 0.05) is 37.3 Å². The molecule has 0 aromatic carbocycles. The molecule has 2 aliphatic rings. The van der Waals surface area contributed by atoms with Crippen molar-refractivity contribution in [2.24, 2.45) is 7.05 Å². The first kappa shape index (κ1) is 18.9. The summed E-state index contributed by atoms with van der Waals surface area (Å²) in [5.41, 5.74) is 2.33. The lowest BCUT2D eigenvalue weighted by atomic mass is 9.91. The second-order valence-electron chi connectivity index (χ2n) is 8.04. The Bertz CT molecular complexity index is 1210. The first-order chi connectivity index (χ1) is 14.6. The van der Waals surface area contributed by atoms with Gasteiger partial charge in [-0.3, -0.25) is 19.1 Å². The van der Waals surface area contributed by atoms with Gasteiger partial charge in [-0.15, -0.1) is 0 Å². The molecule has 9 heteroatoms. The molecule has 0 saturated heterocycles. The number of ether oxygens (including phenoxy) is 1. The van der Waals surface area contributed by atoms with E-state index in [1.165, 1.54) is 0 Å². The smallest absolute Gasteiger partial charge is 0.267 e. The minimum absolute atomic E-state index is 0.0539. The van der Waals surface area contributed by atoms with Crippen molar-refractivity contribution in [2.75, 3.05) is 11.9 Å². The highest BCUT2D eigenvalue weighted by molar-refractivity contribution is 5.77. The largest absolute Gasteiger partial charge is 0.376 e. The summed E-state index contributed by atoms with van der Waals surface area (Å²) in [4.78, 5) is 33.8. The maximum atomic E-state index is 12.6. The molecule has 1 N–H and O–H groups in total. The number of hydrogen-bond acceptors (Lipinski definition) is 7. The van der Waals surface area contributed by atoms with Crippen LogP contribution in [0.15, 0.2) is 34.1 Å². The summed E-state index contributed by atoms with van der Waals surface area (Å²) in [5, 5.41) is 8.62. The Balaban J connectivity index is 1.31. The Kier molecular flexibility index (Phi) is 4.82. The van der Waals surface area contributed by atoms with Crippen LogP contribution in [0.4, 0.5) is 5.95 Å². The monoisotopic (exact) mass is 408 g/mol. The molecule has 1 fully saturated rings. The highest BCUT2D eigenvalue weighted by Gasteiger charge is 2.26. The van der Waals surface area contributed by atoms with Crippen LogP contribution >= 0.6 is 0 Å². The zero-order valence-electron chi connectivity index (χ0n) is 16.9. The second kappa shape index (κ2) is 7.64. The van der Waals surface area contributed by atoms with Crippen LogP contribution in [0.2, 0.25) is 0 Å². The number of nitrogens with zero attached hydrogens (tertiary/aromatic N) is 5. The van der Waals surface area contributed by atoms with Crippen LogP contribution in [-0.2, 0) is 24.8 Å². The van der Waals surface area contributed by atoms with Crippen LogP contribution in [0.5, 0.6) is 0 Å². The molecule has 30 heavy (non-hydrogen) atoms. The highest BCUT2D eigenvalue weighted by Crippen LogP contribution is 2.29. The maximum Gasteiger partial charge on any atom is 0.267 e. The lowest BCUT2D eigenvalue weighted by Crippen LogP contribution is -2.36. The van der Waals surface area contributed by atoms with E-state index in [1.54, 1.807) is 40.8 Å². The van der Waals surface area contributed by atoms with Gasteiger partial charge in [-0.05, 0) is 31.7 Å². The van der Waals surface area contributed by atoms with E-state index in [4.69, 9.17) is 4.74 Å². The van der Waals surface area contributed by atoms with Crippen molar-refractivity contribution in [3.8, 4) is 0 Å². The minimum atomic E-state index is -0.0904. The first-order valence-corrected chi connectivity index (χ1v) is 10.4. The molecule has 3 aromatic heterocycles. The Labute approximate surface area is 172 Å². The van der Waals surface area contributed by atoms with E-state index >= 15 is 0 Å². The van der Waals surface area contributed by atoms with E-state index in [-0.39, 0.29) is 23.2 Å². The van der Waals surface area contributed by atoms with Crippen molar-refractivity contribution in [1.82, 2.24) is 24.3 Å². The molecule has 0 spiro atoms. The molecule has 1 aliphatic heterocycles. The molecular weight excluding hydrogens is 384 g/mol. The lowest BCUT2D eigenvalue weighted by Gasteiger charge is -2.30. The van der Waals surface area contributed by atoms with E-state index in [9.17, 15) is 9.59 Å². The molecule has 0 bridgehead atoms. The zero-order chi connectivity index (χ0) is 20.7. The van der Waals surface area contributed by atoms with Crippen molar-refractivity contribution in [3.05, 3.63) is 56.5 Å². The number of pyridine rings is 1. The van der Waals surface area contributed by atoms with E-state index < -0.39 is 0 Å². The van der Waals surface area contributed by atoms with Gasteiger partial charge in [-0.25, -0.2) is 9.67 Å². The molecule has 0 atom stereocenters. The molecule has 5 rings (SSSR count). The lowest BCUT2D eigenvalue weighted by molar-refractivity contribution is 0.107. The predicted octanol–water partition coefficient (Wildman–Crippen LogP) is 1.55. The highest BCUT2D eigenvalue weighted by atomic mass is 16.5. The predicted molar refractivity (Wildman–Crippen MR) is 112 cm³/mol. The van der Waals surface area contributed by atoms with E-state index in [0.29, 0.717) is 30.1 Å². The summed E-state index contributed by atoms with van der Waals surface area (Å²) in [7, 11) is 1.73. The molecule has 4 heterocycles. The molecule has 1 saturated carbocycles. The van der Waals surface area contributed by atoms with Crippen LogP contribution in [-0.4, -0.2) is 37.0 Å². The summed E-state index contributed by atoms with van der Waals surface area (Å²) in [6, 6.07) is 3.65. The zero-order valence-corrected chi connectivity index (χ0v) is 16.9. The van der Waals surface area contributed by atoms with E-state index in [0.717, 1.165) is 43.4 Å². The average Bonchev–Trinajstić information content (AvgIpc) is 2.77. The Morgan fingerprint density at radius 2 is 2.03 bits per heavy atom. The van der Waals surface area contributed by atoms with Gasteiger partial charge in [0.15, 0.2) is 0 Å². The van der Waals surface area contributed by atoms with Gasteiger partial charge in [-0.1, -0.05) is 0 Å². The summed E-state index contributed by atoms with van der Waals surface area (Å²) in [6.45, 7) is 1.13. The van der Waals surface area contributed by atoms with Gasteiger partial charge in [0.25, 0.3) is 11.1 Å². The summed E-state index contributed by atoms with van der Waals surface area (Å²) in [5.74, 6) is 0.549. The summed E-state index contributed by atoms with van der Waals surface area (Å²) < 4.78 is 8.63. The fourth-order valence-corrected chi connectivity index (χ4v) is 4.39. The Morgan fingerprint density at radius 1 is 1.20 bits per heavy atom. The van der Waals surface area contributed by atoms with Gasteiger partial charge in [0.2, 0.25) is 5.95 Å². The minimum Gasteiger partial charge on any atom is -0.376 e. The van der Waals surface area contributed by atoms with Crippen molar-refractivity contribution in [3.63, 3.8) is 0 Å². The second-order valence-corrected chi connectivity index (χ2v) is 8.04. The Morgan fingerprint density at radius 3 is 2.87 bits per heavy atom. The SMILES string of the molecule is Cn1c(NC2CCC(n3nc4c(cc3=O)COCC4)CC2)nc2cnccc2c1=O. The number of nitrogens with one attached hydrogen (secondary N) is 1. The van der Waals surface area contributed by atoms with Crippen molar-refractivity contribution in [2.45, 2.75) is 50.8 Å². The molecule has 0 radical (unpaired) electrons. The van der Waals surface area contributed by atoms with E-state index in [2.05, 4.69) is 20.4 Å². The van der Waals surface area contributed by atoms with Crippen LogP contribution in [0.25, 0.3) is 10.9 Å². The summed E-state index contributed by atoms with van der Waals surface area (Å²) in [6.07, 6.45) is 7.41. The number of aromatic nitrogens is 5.